The fourth-order valence-electron chi connectivity index (χ4n) is 3.37. The van der Waals surface area contributed by atoms with Crippen molar-refractivity contribution in [3.63, 3.8) is 0 Å². The van der Waals surface area contributed by atoms with Gasteiger partial charge in [-0.15, -0.1) is 10.2 Å². The minimum Gasteiger partial charge on any atom is -0.383 e. The van der Waals surface area contributed by atoms with Crippen molar-refractivity contribution < 1.29 is 9.53 Å². The van der Waals surface area contributed by atoms with Crippen LogP contribution in [0.3, 0.4) is 0 Å². The van der Waals surface area contributed by atoms with Gasteiger partial charge in [0.15, 0.2) is 11.0 Å². The van der Waals surface area contributed by atoms with Crippen LogP contribution in [-0.2, 0) is 10.5 Å². The molecule has 0 spiro atoms. The van der Waals surface area contributed by atoms with E-state index >= 15 is 0 Å². The molecule has 174 valence electrons. The number of carbonyl (C=O) groups is 1. The number of carbonyl (C=O) groups excluding carboxylic acids is 1. The van der Waals surface area contributed by atoms with Crippen LogP contribution in [0.4, 0.5) is 0 Å². The molecule has 6 nitrogen and oxygen atoms in total. The third kappa shape index (κ3) is 5.86. The van der Waals surface area contributed by atoms with Crippen LogP contribution in [0.1, 0.15) is 21.5 Å². The lowest BCUT2D eigenvalue weighted by atomic mass is 10.1. The zero-order valence-electron chi connectivity index (χ0n) is 19.0. The average Bonchev–Trinajstić information content (AvgIpc) is 3.27. The Kier molecular flexibility index (Phi) is 8.00. The van der Waals surface area contributed by atoms with E-state index in [-0.39, 0.29) is 5.91 Å². The zero-order chi connectivity index (χ0) is 23.9. The van der Waals surface area contributed by atoms with Crippen LogP contribution >= 0.6 is 23.4 Å². The molecule has 0 saturated heterocycles. The molecule has 0 aliphatic carbocycles. The van der Waals surface area contributed by atoms with E-state index in [0.717, 1.165) is 27.8 Å². The molecule has 0 atom stereocenters. The number of aromatic nitrogens is 3. The van der Waals surface area contributed by atoms with Gasteiger partial charge in [0.05, 0.1) is 12.3 Å². The Hall–Kier alpha value is -3.13. The number of nitrogens with one attached hydrogen (secondary N) is 1. The number of methoxy groups -OCH3 is 1. The second-order valence-corrected chi connectivity index (χ2v) is 9.10. The van der Waals surface area contributed by atoms with Crippen molar-refractivity contribution in [1.29, 1.82) is 0 Å². The highest BCUT2D eigenvalue weighted by Gasteiger charge is 2.17. The molecule has 0 aliphatic rings. The van der Waals surface area contributed by atoms with Gasteiger partial charge in [-0.2, -0.15) is 0 Å². The third-order valence-corrected chi connectivity index (χ3v) is 6.42. The molecule has 0 fully saturated rings. The topological polar surface area (TPSA) is 69.0 Å². The lowest BCUT2D eigenvalue weighted by Gasteiger charge is -2.11. The summed E-state index contributed by atoms with van der Waals surface area (Å²) in [6, 6.07) is 23.5. The third-order valence-electron chi connectivity index (χ3n) is 5.19. The van der Waals surface area contributed by atoms with Crippen LogP contribution in [0.5, 0.6) is 0 Å². The van der Waals surface area contributed by atoms with Gasteiger partial charge in [0.2, 0.25) is 0 Å². The molecular weight excluding hydrogens is 468 g/mol. The summed E-state index contributed by atoms with van der Waals surface area (Å²) in [5.41, 5.74) is 4.76. The van der Waals surface area contributed by atoms with Gasteiger partial charge in [0, 0.05) is 35.6 Å². The van der Waals surface area contributed by atoms with Gasteiger partial charge in [0.1, 0.15) is 0 Å². The molecule has 34 heavy (non-hydrogen) atoms. The molecule has 1 heterocycles. The number of thioether (sulfide) groups is 1. The Labute approximate surface area is 208 Å². The van der Waals surface area contributed by atoms with Crippen molar-refractivity contribution in [1.82, 2.24) is 20.1 Å². The first-order valence-corrected chi connectivity index (χ1v) is 12.2. The summed E-state index contributed by atoms with van der Waals surface area (Å²) in [7, 11) is 1.61. The maximum Gasteiger partial charge on any atom is 0.251 e. The van der Waals surface area contributed by atoms with E-state index in [1.165, 1.54) is 5.56 Å². The summed E-state index contributed by atoms with van der Waals surface area (Å²) < 4.78 is 6.99. The minimum atomic E-state index is -0.111. The Bertz CT molecular complexity index is 1260. The summed E-state index contributed by atoms with van der Waals surface area (Å²) in [6.07, 6.45) is 0. The normalized spacial score (nSPS) is 10.9. The summed E-state index contributed by atoms with van der Waals surface area (Å²) >= 11 is 7.87. The van der Waals surface area contributed by atoms with E-state index in [4.69, 9.17) is 16.3 Å². The molecule has 4 aromatic rings. The van der Waals surface area contributed by atoms with Crippen LogP contribution in [0.25, 0.3) is 17.1 Å². The van der Waals surface area contributed by atoms with Crippen LogP contribution in [0.15, 0.2) is 78.0 Å². The lowest BCUT2D eigenvalue weighted by Crippen LogP contribution is -2.26. The van der Waals surface area contributed by atoms with Gasteiger partial charge in [0.25, 0.3) is 5.91 Å². The van der Waals surface area contributed by atoms with Crippen molar-refractivity contribution in [2.24, 2.45) is 0 Å². The van der Waals surface area contributed by atoms with Gasteiger partial charge < -0.3 is 10.1 Å². The van der Waals surface area contributed by atoms with Crippen molar-refractivity contribution in [2.75, 3.05) is 20.3 Å². The van der Waals surface area contributed by atoms with E-state index in [1.54, 1.807) is 18.9 Å². The number of aryl methyl sites for hydroxylation is 1. The summed E-state index contributed by atoms with van der Waals surface area (Å²) in [4.78, 5) is 12.2. The summed E-state index contributed by atoms with van der Waals surface area (Å²) in [6.45, 7) is 3.02. The molecule has 4 rings (SSSR count). The highest BCUT2D eigenvalue weighted by molar-refractivity contribution is 7.98. The number of benzene rings is 3. The standard InChI is InChI=1S/C26H25ClN4O2S/c1-18-6-10-20(11-7-18)24-29-30-26(31(24)23-5-3-4-22(27)16-23)34-17-19-8-12-21(13-9-19)25(32)28-14-15-33-2/h3-13,16H,14-15,17H2,1-2H3,(H,28,32). The van der Waals surface area contributed by atoms with Gasteiger partial charge in [-0.25, -0.2) is 0 Å². The fraction of sp³-hybridized carbons (Fsp3) is 0.192. The molecule has 0 saturated carbocycles. The molecule has 1 N–H and O–H groups in total. The molecule has 0 radical (unpaired) electrons. The van der Waals surface area contributed by atoms with Crippen LogP contribution in [0, 0.1) is 6.92 Å². The van der Waals surface area contributed by atoms with Gasteiger partial charge in [-0.3, -0.25) is 9.36 Å². The highest BCUT2D eigenvalue weighted by atomic mass is 35.5. The first kappa shape index (κ1) is 24.0. The zero-order valence-corrected chi connectivity index (χ0v) is 20.6. The molecule has 0 bridgehead atoms. The van der Waals surface area contributed by atoms with Crippen molar-refractivity contribution in [2.45, 2.75) is 17.8 Å². The Morgan fingerprint density at radius 2 is 1.82 bits per heavy atom. The van der Waals surface area contributed by atoms with Crippen molar-refractivity contribution in [3.8, 4) is 17.1 Å². The van der Waals surface area contributed by atoms with E-state index in [1.807, 2.05) is 65.2 Å². The van der Waals surface area contributed by atoms with Crippen molar-refractivity contribution >= 4 is 29.3 Å². The molecule has 1 amide bonds. The lowest BCUT2D eigenvalue weighted by molar-refractivity contribution is 0.0937. The number of ether oxygens (including phenoxy) is 1. The number of hydrogen-bond acceptors (Lipinski definition) is 5. The van der Waals surface area contributed by atoms with Crippen LogP contribution in [0.2, 0.25) is 5.02 Å². The monoisotopic (exact) mass is 492 g/mol. The molecule has 1 aromatic heterocycles. The predicted octanol–water partition coefficient (Wildman–Crippen LogP) is 5.56. The van der Waals surface area contributed by atoms with Gasteiger partial charge in [-0.1, -0.05) is 71.4 Å². The van der Waals surface area contributed by atoms with Crippen molar-refractivity contribution in [3.05, 3.63) is 94.5 Å². The quantitative estimate of drug-likeness (QED) is 0.244. The maximum atomic E-state index is 12.2. The number of rotatable bonds is 9. The van der Waals surface area contributed by atoms with Gasteiger partial charge >= 0.3 is 0 Å². The second kappa shape index (κ2) is 11.3. The molecular formula is C26H25ClN4O2S. The van der Waals surface area contributed by atoms with E-state index in [0.29, 0.717) is 29.5 Å². The van der Waals surface area contributed by atoms with E-state index < -0.39 is 0 Å². The largest absolute Gasteiger partial charge is 0.383 e. The maximum absolute atomic E-state index is 12.2. The second-order valence-electron chi connectivity index (χ2n) is 7.72. The smallest absolute Gasteiger partial charge is 0.251 e. The Morgan fingerprint density at radius 1 is 1.06 bits per heavy atom. The molecule has 8 heteroatoms. The molecule has 0 aliphatic heterocycles. The van der Waals surface area contributed by atoms with Crippen LogP contribution < -0.4 is 5.32 Å². The summed E-state index contributed by atoms with van der Waals surface area (Å²) in [5.74, 6) is 1.32. The molecule has 0 unspecified atom stereocenters. The highest BCUT2D eigenvalue weighted by Crippen LogP contribution is 2.30. The minimum absolute atomic E-state index is 0.111. The Morgan fingerprint density at radius 3 is 2.53 bits per heavy atom. The first-order valence-electron chi connectivity index (χ1n) is 10.8. The molecule has 3 aromatic carbocycles. The van der Waals surface area contributed by atoms with Crippen LogP contribution in [-0.4, -0.2) is 40.9 Å². The first-order chi connectivity index (χ1) is 16.5. The predicted molar refractivity (Wildman–Crippen MR) is 137 cm³/mol. The van der Waals surface area contributed by atoms with E-state index in [2.05, 4.69) is 34.6 Å². The van der Waals surface area contributed by atoms with Gasteiger partial charge in [-0.05, 0) is 42.8 Å². The summed E-state index contributed by atoms with van der Waals surface area (Å²) in [5, 5.41) is 13.2. The fourth-order valence-corrected chi connectivity index (χ4v) is 4.46. The number of halogens is 1. The number of nitrogens with zero attached hydrogens (tertiary/aromatic N) is 3. The number of hydrogen-bond donors (Lipinski definition) is 1. The number of amides is 1. The average molecular weight is 493 g/mol. The van der Waals surface area contributed by atoms with E-state index in [9.17, 15) is 4.79 Å². The SMILES string of the molecule is COCCNC(=O)c1ccc(CSc2nnc(-c3ccc(C)cc3)n2-c2cccc(Cl)c2)cc1. The Balaban J connectivity index is 1.55.